The van der Waals surface area contributed by atoms with E-state index in [2.05, 4.69) is 17.3 Å². The SMILES string of the molecule is CCNCC1CCCOC1c1c(C)nn(C)c1OC. The topological polar surface area (TPSA) is 48.3 Å². The molecule has 0 radical (unpaired) electrons. The van der Waals surface area contributed by atoms with Gasteiger partial charge in [-0.3, -0.25) is 0 Å². The molecule has 1 saturated heterocycles. The van der Waals surface area contributed by atoms with Gasteiger partial charge in [-0.15, -0.1) is 0 Å². The van der Waals surface area contributed by atoms with E-state index in [1.54, 1.807) is 11.8 Å². The number of aromatic nitrogens is 2. The van der Waals surface area contributed by atoms with Crippen molar-refractivity contribution in [3.8, 4) is 5.88 Å². The number of nitrogens with one attached hydrogen (secondary N) is 1. The zero-order valence-electron chi connectivity index (χ0n) is 12.4. The molecular formula is C14H25N3O2. The molecule has 0 aromatic carbocycles. The van der Waals surface area contributed by atoms with E-state index in [1.165, 1.54) is 6.42 Å². The predicted molar refractivity (Wildman–Crippen MR) is 74.5 cm³/mol. The van der Waals surface area contributed by atoms with Crippen molar-refractivity contribution in [2.75, 3.05) is 26.8 Å². The van der Waals surface area contributed by atoms with Gasteiger partial charge in [0.15, 0.2) is 0 Å². The molecule has 108 valence electrons. The number of rotatable bonds is 5. The standard InChI is InChI=1S/C14H25N3O2/c1-5-15-9-11-7-6-8-19-13(11)12-10(2)16-17(3)14(12)18-4/h11,13,15H,5-9H2,1-4H3. The van der Waals surface area contributed by atoms with Crippen LogP contribution in [0.25, 0.3) is 0 Å². The van der Waals surface area contributed by atoms with Gasteiger partial charge in [-0.05, 0) is 26.3 Å². The van der Waals surface area contributed by atoms with Gasteiger partial charge in [-0.2, -0.15) is 5.10 Å². The number of hydrogen-bond donors (Lipinski definition) is 1. The Morgan fingerprint density at radius 3 is 3.00 bits per heavy atom. The van der Waals surface area contributed by atoms with Crippen molar-refractivity contribution in [2.24, 2.45) is 13.0 Å². The highest BCUT2D eigenvalue weighted by molar-refractivity contribution is 5.34. The first-order valence-electron chi connectivity index (χ1n) is 7.08. The molecule has 1 aromatic heterocycles. The second-order valence-corrected chi connectivity index (χ2v) is 5.13. The summed E-state index contributed by atoms with van der Waals surface area (Å²) in [6.45, 7) is 6.96. The van der Waals surface area contributed by atoms with E-state index in [0.29, 0.717) is 5.92 Å². The minimum absolute atomic E-state index is 0.0939. The van der Waals surface area contributed by atoms with Gasteiger partial charge < -0.3 is 14.8 Å². The molecule has 1 aliphatic rings. The fourth-order valence-electron chi connectivity index (χ4n) is 2.92. The van der Waals surface area contributed by atoms with E-state index in [1.807, 2.05) is 14.0 Å². The Morgan fingerprint density at radius 2 is 2.32 bits per heavy atom. The van der Waals surface area contributed by atoms with E-state index in [4.69, 9.17) is 9.47 Å². The summed E-state index contributed by atoms with van der Waals surface area (Å²) in [6, 6.07) is 0. The van der Waals surface area contributed by atoms with E-state index < -0.39 is 0 Å². The Labute approximate surface area is 115 Å². The predicted octanol–water partition coefficient (Wildman–Crippen LogP) is 1.81. The molecule has 5 heteroatoms. The third kappa shape index (κ3) is 2.92. The maximum Gasteiger partial charge on any atom is 0.217 e. The number of methoxy groups -OCH3 is 1. The quantitative estimate of drug-likeness (QED) is 0.884. The van der Waals surface area contributed by atoms with Crippen molar-refractivity contribution < 1.29 is 9.47 Å². The van der Waals surface area contributed by atoms with Crippen molar-refractivity contribution in [3.63, 3.8) is 0 Å². The van der Waals surface area contributed by atoms with Crippen LogP contribution in [0, 0.1) is 12.8 Å². The molecule has 0 aliphatic carbocycles. The molecule has 5 nitrogen and oxygen atoms in total. The van der Waals surface area contributed by atoms with Crippen LogP contribution in [-0.4, -0.2) is 36.6 Å². The summed E-state index contributed by atoms with van der Waals surface area (Å²) < 4.78 is 13.3. The van der Waals surface area contributed by atoms with Crippen LogP contribution in [0.4, 0.5) is 0 Å². The van der Waals surface area contributed by atoms with Crippen LogP contribution < -0.4 is 10.1 Å². The molecule has 0 amide bonds. The molecule has 0 spiro atoms. The van der Waals surface area contributed by atoms with Gasteiger partial charge in [-0.1, -0.05) is 6.92 Å². The van der Waals surface area contributed by atoms with Crippen LogP contribution >= 0.6 is 0 Å². The van der Waals surface area contributed by atoms with Gasteiger partial charge in [0.1, 0.15) is 0 Å². The average Bonchev–Trinajstić information content (AvgIpc) is 2.70. The van der Waals surface area contributed by atoms with E-state index in [-0.39, 0.29) is 6.10 Å². The van der Waals surface area contributed by atoms with E-state index >= 15 is 0 Å². The van der Waals surface area contributed by atoms with Crippen molar-refractivity contribution in [2.45, 2.75) is 32.8 Å². The van der Waals surface area contributed by atoms with Crippen LogP contribution in [0.3, 0.4) is 0 Å². The van der Waals surface area contributed by atoms with Crippen LogP contribution in [0.15, 0.2) is 0 Å². The molecular weight excluding hydrogens is 242 g/mol. The van der Waals surface area contributed by atoms with Gasteiger partial charge in [0.05, 0.1) is 24.5 Å². The third-order valence-corrected chi connectivity index (χ3v) is 3.79. The highest BCUT2D eigenvalue weighted by atomic mass is 16.5. The normalized spacial score (nSPS) is 23.6. The maximum atomic E-state index is 6.04. The Hall–Kier alpha value is -1.07. The Bertz CT molecular complexity index is 417. The van der Waals surface area contributed by atoms with Crippen LogP contribution in [0.1, 0.15) is 37.1 Å². The van der Waals surface area contributed by atoms with Crippen LogP contribution in [-0.2, 0) is 11.8 Å². The Balaban J connectivity index is 2.26. The maximum absolute atomic E-state index is 6.04. The molecule has 2 unspecified atom stereocenters. The highest BCUT2D eigenvalue weighted by Gasteiger charge is 2.32. The first kappa shape index (κ1) is 14.3. The van der Waals surface area contributed by atoms with Crippen LogP contribution in [0.2, 0.25) is 0 Å². The molecule has 1 aliphatic heterocycles. The number of ether oxygens (including phenoxy) is 2. The monoisotopic (exact) mass is 267 g/mol. The number of hydrogen-bond acceptors (Lipinski definition) is 4. The first-order valence-corrected chi connectivity index (χ1v) is 7.08. The van der Waals surface area contributed by atoms with Crippen molar-refractivity contribution >= 4 is 0 Å². The summed E-state index contributed by atoms with van der Waals surface area (Å²) >= 11 is 0. The van der Waals surface area contributed by atoms with Gasteiger partial charge in [0.2, 0.25) is 5.88 Å². The second kappa shape index (κ2) is 6.39. The van der Waals surface area contributed by atoms with Crippen molar-refractivity contribution in [1.82, 2.24) is 15.1 Å². The molecule has 0 bridgehead atoms. The first-order chi connectivity index (χ1) is 9.19. The van der Waals surface area contributed by atoms with Crippen molar-refractivity contribution in [3.05, 3.63) is 11.3 Å². The smallest absolute Gasteiger partial charge is 0.217 e. The number of aryl methyl sites for hydroxylation is 2. The highest BCUT2D eigenvalue weighted by Crippen LogP contribution is 2.39. The largest absolute Gasteiger partial charge is 0.481 e. The third-order valence-electron chi connectivity index (χ3n) is 3.79. The zero-order valence-corrected chi connectivity index (χ0v) is 12.4. The van der Waals surface area contributed by atoms with E-state index in [0.717, 1.165) is 43.3 Å². The molecule has 2 heterocycles. The summed E-state index contributed by atoms with van der Waals surface area (Å²) in [4.78, 5) is 0. The molecule has 1 N–H and O–H groups in total. The minimum Gasteiger partial charge on any atom is -0.481 e. The second-order valence-electron chi connectivity index (χ2n) is 5.13. The summed E-state index contributed by atoms with van der Waals surface area (Å²) in [6.07, 6.45) is 2.42. The molecule has 2 rings (SSSR count). The summed E-state index contributed by atoms with van der Waals surface area (Å²) in [5.74, 6) is 1.32. The van der Waals surface area contributed by atoms with Crippen molar-refractivity contribution in [1.29, 1.82) is 0 Å². The molecule has 0 saturated carbocycles. The average molecular weight is 267 g/mol. The summed E-state index contributed by atoms with van der Waals surface area (Å²) in [5.41, 5.74) is 2.13. The van der Waals surface area contributed by atoms with Gasteiger partial charge >= 0.3 is 0 Å². The molecule has 1 aromatic rings. The Kier molecular flexibility index (Phi) is 4.82. The lowest BCUT2D eigenvalue weighted by molar-refractivity contribution is -0.0291. The van der Waals surface area contributed by atoms with Gasteiger partial charge in [-0.25, -0.2) is 4.68 Å². The fourth-order valence-corrected chi connectivity index (χ4v) is 2.92. The lowest BCUT2D eigenvalue weighted by Gasteiger charge is -2.32. The number of nitrogens with zero attached hydrogens (tertiary/aromatic N) is 2. The van der Waals surface area contributed by atoms with Gasteiger partial charge in [0.25, 0.3) is 0 Å². The molecule has 1 fully saturated rings. The lowest BCUT2D eigenvalue weighted by atomic mass is 9.89. The van der Waals surface area contributed by atoms with Gasteiger partial charge in [0, 0.05) is 26.1 Å². The summed E-state index contributed by atoms with van der Waals surface area (Å²) in [5, 5.41) is 7.90. The minimum atomic E-state index is 0.0939. The summed E-state index contributed by atoms with van der Waals surface area (Å²) in [7, 11) is 3.61. The van der Waals surface area contributed by atoms with E-state index in [9.17, 15) is 0 Å². The zero-order chi connectivity index (χ0) is 13.8. The molecule has 19 heavy (non-hydrogen) atoms. The Morgan fingerprint density at radius 1 is 1.53 bits per heavy atom. The lowest BCUT2D eigenvalue weighted by Crippen LogP contribution is -2.32. The molecule has 2 atom stereocenters. The van der Waals surface area contributed by atoms with Crippen LogP contribution in [0.5, 0.6) is 5.88 Å². The fraction of sp³-hybridized carbons (Fsp3) is 0.786.